The predicted molar refractivity (Wildman–Crippen MR) is 114 cm³/mol. The highest BCUT2D eigenvalue weighted by molar-refractivity contribution is 6.04. The van der Waals surface area contributed by atoms with Crippen LogP contribution in [0.2, 0.25) is 0 Å². The molecule has 1 saturated heterocycles. The van der Waals surface area contributed by atoms with Crippen molar-refractivity contribution in [1.29, 1.82) is 0 Å². The Morgan fingerprint density at radius 3 is 2.73 bits per heavy atom. The summed E-state index contributed by atoms with van der Waals surface area (Å²) in [6.07, 6.45) is 5.85. The molecule has 2 amide bonds. The fourth-order valence-electron chi connectivity index (χ4n) is 4.60. The first-order valence-corrected chi connectivity index (χ1v) is 10.7. The van der Waals surface area contributed by atoms with Crippen molar-refractivity contribution in [3.05, 3.63) is 30.6 Å². The lowest BCUT2D eigenvalue weighted by Gasteiger charge is -2.40. The molecule has 1 aromatic carbocycles. The van der Waals surface area contributed by atoms with E-state index in [9.17, 15) is 14.7 Å². The molecule has 2 fully saturated rings. The quantitative estimate of drug-likeness (QED) is 0.810. The molecule has 2 aliphatic heterocycles. The van der Waals surface area contributed by atoms with Gasteiger partial charge in [-0.2, -0.15) is 5.10 Å². The normalized spacial score (nSPS) is 23.5. The van der Waals surface area contributed by atoms with Crippen LogP contribution in [0, 0.1) is 11.8 Å². The highest BCUT2D eigenvalue weighted by Crippen LogP contribution is 2.42. The number of fused-ring (bicyclic) bond motifs is 1. The number of hydrogen-bond donors (Lipinski definition) is 2. The maximum Gasteiger partial charge on any atom is 0.411 e. The molecule has 1 aliphatic carbocycles. The van der Waals surface area contributed by atoms with Crippen LogP contribution in [-0.4, -0.2) is 52.6 Å². The van der Waals surface area contributed by atoms with Gasteiger partial charge in [0.05, 0.1) is 23.6 Å². The first-order chi connectivity index (χ1) is 14.5. The van der Waals surface area contributed by atoms with E-state index in [0.29, 0.717) is 17.3 Å². The zero-order chi connectivity index (χ0) is 20.8. The van der Waals surface area contributed by atoms with Gasteiger partial charge in [0.15, 0.2) is 0 Å². The smallest absolute Gasteiger partial charge is 0.411 e. The molecule has 5 rings (SSSR count). The van der Waals surface area contributed by atoms with Gasteiger partial charge in [-0.25, -0.2) is 4.79 Å². The molecule has 3 aliphatic rings. The third kappa shape index (κ3) is 3.45. The number of nitrogens with one attached hydrogen (secondary N) is 1. The monoisotopic (exact) mass is 409 g/mol. The summed E-state index contributed by atoms with van der Waals surface area (Å²) in [5, 5.41) is 17.7. The van der Waals surface area contributed by atoms with Crippen molar-refractivity contribution in [2.45, 2.75) is 38.8 Å². The topological polar surface area (TPSA) is 90.7 Å². The maximum absolute atomic E-state index is 12.9. The predicted octanol–water partition coefficient (Wildman–Crippen LogP) is 2.79. The molecule has 8 nitrogen and oxygen atoms in total. The fourth-order valence-corrected chi connectivity index (χ4v) is 4.60. The van der Waals surface area contributed by atoms with Gasteiger partial charge in [-0.15, -0.1) is 0 Å². The number of carbonyl (C=O) groups excluding carboxylic acids is 1. The SMILES string of the molecule is C[C@H]1CN(C(=O)O)c2cc(-c3cnn(C[C@@H]4CCNC4)c3)ccc2N1C(=O)C1CC1. The second kappa shape index (κ2) is 7.43. The van der Waals surface area contributed by atoms with E-state index in [0.717, 1.165) is 50.0 Å². The van der Waals surface area contributed by atoms with Gasteiger partial charge in [0.2, 0.25) is 5.91 Å². The van der Waals surface area contributed by atoms with E-state index >= 15 is 0 Å². The second-order valence-electron chi connectivity index (χ2n) is 8.74. The highest BCUT2D eigenvalue weighted by Gasteiger charge is 2.41. The number of carbonyl (C=O) groups is 2. The average Bonchev–Trinajstić information content (AvgIpc) is 3.26. The molecule has 2 atom stereocenters. The third-order valence-corrected chi connectivity index (χ3v) is 6.38. The largest absolute Gasteiger partial charge is 0.465 e. The number of hydrogen-bond acceptors (Lipinski definition) is 4. The Morgan fingerprint density at radius 2 is 2.03 bits per heavy atom. The standard InChI is InChI=1S/C22H27N5O3/c1-14-11-26(22(29)30)20-8-17(4-5-19(20)27(14)21(28)16-2-3-16)18-10-24-25(13-18)12-15-6-7-23-9-15/h4-5,8,10,13-16,23H,2-3,6-7,9,11-12H2,1H3,(H,29,30)/t14-,15+/m0/s1. The van der Waals surface area contributed by atoms with E-state index in [1.165, 1.54) is 4.90 Å². The summed E-state index contributed by atoms with van der Waals surface area (Å²) < 4.78 is 1.96. The van der Waals surface area contributed by atoms with Crippen molar-refractivity contribution < 1.29 is 14.7 Å². The average molecular weight is 409 g/mol. The first kappa shape index (κ1) is 19.1. The molecular formula is C22H27N5O3. The van der Waals surface area contributed by atoms with Crippen LogP contribution in [0.4, 0.5) is 16.2 Å². The summed E-state index contributed by atoms with van der Waals surface area (Å²) in [5.41, 5.74) is 3.11. The zero-order valence-corrected chi connectivity index (χ0v) is 17.1. The van der Waals surface area contributed by atoms with E-state index < -0.39 is 6.09 Å². The van der Waals surface area contributed by atoms with Crippen LogP contribution in [-0.2, 0) is 11.3 Å². The molecule has 0 spiro atoms. The molecule has 1 saturated carbocycles. The molecule has 30 heavy (non-hydrogen) atoms. The Balaban J connectivity index is 1.47. The lowest BCUT2D eigenvalue weighted by molar-refractivity contribution is -0.120. The Bertz CT molecular complexity index is 977. The Labute approximate surface area is 175 Å². The van der Waals surface area contributed by atoms with Crippen LogP contribution in [0.25, 0.3) is 11.1 Å². The van der Waals surface area contributed by atoms with E-state index in [-0.39, 0.29) is 24.4 Å². The van der Waals surface area contributed by atoms with Gasteiger partial charge in [0.1, 0.15) is 0 Å². The Morgan fingerprint density at radius 1 is 1.20 bits per heavy atom. The molecule has 0 bridgehead atoms. The van der Waals surface area contributed by atoms with Crippen LogP contribution >= 0.6 is 0 Å². The van der Waals surface area contributed by atoms with Crippen molar-refractivity contribution in [3.63, 3.8) is 0 Å². The number of aromatic nitrogens is 2. The molecule has 158 valence electrons. The van der Waals surface area contributed by atoms with E-state index in [1.54, 1.807) is 4.90 Å². The van der Waals surface area contributed by atoms with Gasteiger partial charge in [-0.1, -0.05) is 6.07 Å². The van der Waals surface area contributed by atoms with Gasteiger partial charge in [-0.3, -0.25) is 14.4 Å². The van der Waals surface area contributed by atoms with Crippen LogP contribution < -0.4 is 15.1 Å². The highest BCUT2D eigenvalue weighted by atomic mass is 16.4. The van der Waals surface area contributed by atoms with Gasteiger partial charge >= 0.3 is 6.09 Å². The molecule has 1 aromatic heterocycles. The number of carboxylic acid groups (broad SMARTS) is 1. The molecule has 2 N–H and O–H groups in total. The van der Waals surface area contributed by atoms with Gasteiger partial charge in [0, 0.05) is 30.8 Å². The molecular weight excluding hydrogens is 382 g/mol. The van der Waals surface area contributed by atoms with Crippen molar-refractivity contribution >= 4 is 23.4 Å². The van der Waals surface area contributed by atoms with Crippen molar-refractivity contribution in [1.82, 2.24) is 15.1 Å². The summed E-state index contributed by atoms with van der Waals surface area (Å²) >= 11 is 0. The Hall–Kier alpha value is -2.87. The van der Waals surface area contributed by atoms with Crippen molar-refractivity contribution in [2.24, 2.45) is 11.8 Å². The van der Waals surface area contributed by atoms with E-state index in [2.05, 4.69) is 10.4 Å². The summed E-state index contributed by atoms with van der Waals surface area (Å²) in [4.78, 5) is 28.0. The summed E-state index contributed by atoms with van der Waals surface area (Å²) in [7, 11) is 0. The minimum absolute atomic E-state index is 0.0830. The number of rotatable bonds is 4. The molecule has 2 aromatic rings. The van der Waals surface area contributed by atoms with Gasteiger partial charge in [0.25, 0.3) is 0 Å². The van der Waals surface area contributed by atoms with Crippen LogP contribution in [0.3, 0.4) is 0 Å². The number of anilines is 2. The number of benzene rings is 1. The molecule has 8 heteroatoms. The van der Waals surface area contributed by atoms with Crippen molar-refractivity contribution in [3.8, 4) is 11.1 Å². The van der Waals surface area contributed by atoms with Gasteiger partial charge < -0.3 is 15.3 Å². The molecule has 0 unspecified atom stereocenters. The summed E-state index contributed by atoms with van der Waals surface area (Å²) in [5.74, 6) is 0.784. The van der Waals surface area contributed by atoms with Crippen LogP contribution in [0.15, 0.2) is 30.6 Å². The van der Waals surface area contributed by atoms with E-state index in [4.69, 9.17) is 0 Å². The minimum atomic E-state index is -0.997. The second-order valence-corrected chi connectivity index (χ2v) is 8.74. The molecule has 3 heterocycles. The van der Waals surface area contributed by atoms with E-state index in [1.807, 2.05) is 42.2 Å². The summed E-state index contributed by atoms with van der Waals surface area (Å²) in [6.45, 7) is 5.14. The van der Waals surface area contributed by atoms with Gasteiger partial charge in [-0.05, 0) is 62.9 Å². The first-order valence-electron chi connectivity index (χ1n) is 10.7. The van der Waals surface area contributed by atoms with Crippen molar-refractivity contribution in [2.75, 3.05) is 29.4 Å². The zero-order valence-electron chi connectivity index (χ0n) is 17.1. The third-order valence-electron chi connectivity index (χ3n) is 6.38. The number of amides is 2. The Kier molecular flexibility index (Phi) is 4.73. The van der Waals surface area contributed by atoms with Crippen LogP contribution in [0.5, 0.6) is 0 Å². The fraction of sp³-hybridized carbons (Fsp3) is 0.500. The minimum Gasteiger partial charge on any atom is -0.465 e. The number of nitrogens with zero attached hydrogens (tertiary/aromatic N) is 4. The molecule has 0 radical (unpaired) electrons. The van der Waals surface area contributed by atoms with Crippen LogP contribution in [0.1, 0.15) is 26.2 Å². The lowest BCUT2D eigenvalue weighted by atomic mass is 10.0. The maximum atomic E-state index is 12.9. The lowest BCUT2D eigenvalue weighted by Crippen LogP contribution is -2.52. The summed E-state index contributed by atoms with van der Waals surface area (Å²) in [6, 6.07) is 5.54.